The van der Waals surface area contributed by atoms with E-state index in [2.05, 4.69) is 32.0 Å². The van der Waals surface area contributed by atoms with Crippen LogP contribution < -0.4 is 34.3 Å². The van der Waals surface area contributed by atoms with Gasteiger partial charge in [0.25, 0.3) is 0 Å². The van der Waals surface area contributed by atoms with Crippen molar-refractivity contribution in [2.75, 3.05) is 12.4 Å². The van der Waals surface area contributed by atoms with E-state index in [1.807, 2.05) is 0 Å². The molecule has 0 heterocycles. The molecule has 6 heteroatoms. The molecule has 0 aliphatic rings. The largest absolute Gasteiger partial charge is 1.00 e. The van der Waals surface area contributed by atoms with Crippen LogP contribution in [0.25, 0.3) is 0 Å². The molecule has 0 atom stereocenters. The predicted molar refractivity (Wildman–Crippen MR) is 102 cm³/mol. The Bertz CT molecular complexity index is 559. The van der Waals surface area contributed by atoms with Crippen LogP contribution in [0.2, 0.25) is 0 Å². The Balaban J connectivity index is 0.00000625. The van der Waals surface area contributed by atoms with Crippen LogP contribution in [0.3, 0.4) is 0 Å². The minimum atomic E-state index is -4.11. The predicted octanol–water partition coefficient (Wildman–Crippen LogP) is 1.86. The van der Waals surface area contributed by atoms with Crippen LogP contribution in [-0.2, 0) is 23.0 Å². The fraction of sp³-hybridized carbons (Fsp3) is 0.700. The van der Waals surface area contributed by atoms with Gasteiger partial charge in [-0.05, 0) is 61.8 Å². The first-order chi connectivity index (χ1) is 11.9. The Morgan fingerprint density at radius 2 is 1.38 bits per heavy atom. The van der Waals surface area contributed by atoms with Crippen molar-refractivity contribution in [1.29, 1.82) is 0 Å². The van der Waals surface area contributed by atoms with Gasteiger partial charge < -0.3 is 9.29 Å². The normalized spacial score (nSPS) is 11.2. The van der Waals surface area contributed by atoms with Gasteiger partial charge >= 0.3 is 29.6 Å². The summed E-state index contributed by atoms with van der Waals surface area (Å²) >= 11 is 0. The minimum absolute atomic E-state index is 0. The van der Waals surface area contributed by atoms with E-state index < -0.39 is 10.1 Å². The zero-order chi connectivity index (χ0) is 18.5. The molecule has 144 valence electrons. The number of aryl methyl sites for hydroxylation is 2. The second-order valence-electron chi connectivity index (χ2n) is 6.72. The average molecular weight is 393 g/mol. The van der Waals surface area contributed by atoms with Crippen molar-refractivity contribution in [3.05, 3.63) is 29.3 Å². The smallest absolute Gasteiger partial charge is 0.748 e. The standard InChI is InChI=1S/C20H34O4S.Na/c1-3-5-7-11-18-15-19(12-8-6-4-2)17-20(16-18)24-13-9-10-14-25(21,22)23;/h15-17H,3-14H2,1-2H3,(H,21,22,23);/q;+1/p-1. The van der Waals surface area contributed by atoms with Gasteiger partial charge in [-0.25, -0.2) is 8.42 Å². The Labute approximate surface area is 182 Å². The van der Waals surface area contributed by atoms with Crippen molar-refractivity contribution in [3.63, 3.8) is 0 Å². The summed E-state index contributed by atoms with van der Waals surface area (Å²) in [4.78, 5) is 0. The summed E-state index contributed by atoms with van der Waals surface area (Å²) < 4.78 is 37.6. The van der Waals surface area contributed by atoms with Crippen LogP contribution in [0.5, 0.6) is 5.75 Å². The first-order valence-electron chi connectivity index (χ1n) is 9.63. The topological polar surface area (TPSA) is 66.4 Å². The Morgan fingerprint density at radius 1 is 0.846 bits per heavy atom. The first-order valence-corrected chi connectivity index (χ1v) is 11.2. The molecule has 0 N–H and O–H groups in total. The molecule has 0 spiro atoms. The number of hydrogen-bond donors (Lipinski definition) is 0. The molecule has 1 aromatic carbocycles. The van der Waals surface area contributed by atoms with Crippen LogP contribution >= 0.6 is 0 Å². The summed E-state index contributed by atoms with van der Waals surface area (Å²) in [6.45, 7) is 4.86. The Morgan fingerprint density at radius 3 is 1.85 bits per heavy atom. The third-order valence-electron chi connectivity index (χ3n) is 4.22. The number of ether oxygens (including phenoxy) is 1. The van der Waals surface area contributed by atoms with Crippen molar-refractivity contribution in [2.45, 2.75) is 78.1 Å². The summed E-state index contributed by atoms with van der Waals surface area (Å²) in [5.41, 5.74) is 2.64. The van der Waals surface area contributed by atoms with Gasteiger partial charge in [-0.15, -0.1) is 0 Å². The number of benzene rings is 1. The van der Waals surface area contributed by atoms with Gasteiger partial charge in [0.15, 0.2) is 0 Å². The van der Waals surface area contributed by atoms with E-state index in [1.165, 1.54) is 49.7 Å². The molecular weight excluding hydrogens is 359 g/mol. The third-order valence-corrected chi connectivity index (χ3v) is 5.01. The summed E-state index contributed by atoms with van der Waals surface area (Å²) in [6.07, 6.45) is 10.3. The molecule has 0 aliphatic heterocycles. The van der Waals surface area contributed by atoms with Crippen molar-refractivity contribution in [2.24, 2.45) is 0 Å². The van der Waals surface area contributed by atoms with E-state index >= 15 is 0 Å². The zero-order valence-electron chi connectivity index (χ0n) is 16.8. The fourth-order valence-corrected chi connectivity index (χ4v) is 3.39. The maximum atomic E-state index is 10.6. The van der Waals surface area contributed by atoms with E-state index in [0.717, 1.165) is 18.6 Å². The molecule has 0 saturated heterocycles. The van der Waals surface area contributed by atoms with Crippen LogP contribution in [0.4, 0.5) is 0 Å². The van der Waals surface area contributed by atoms with Gasteiger partial charge in [0.1, 0.15) is 5.75 Å². The van der Waals surface area contributed by atoms with Crippen molar-refractivity contribution in [1.82, 2.24) is 0 Å². The monoisotopic (exact) mass is 392 g/mol. The molecule has 1 aromatic rings. The zero-order valence-corrected chi connectivity index (χ0v) is 19.6. The van der Waals surface area contributed by atoms with E-state index in [-0.39, 0.29) is 35.3 Å². The quantitative estimate of drug-likeness (QED) is 0.275. The number of hydrogen-bond acceptors (Lipinski definition) is 4. The van der Waals surface area contributed by atoms with Crippen LogP contribution in [-0.4, -0.2) is 25.3 Å². The molecule has 0 amide bonds. The average Bonchev–Trinajstić information content (AvgIpc) is 2.54. The van der Waals surface area contributed by atoms with Gasteiger partial charge in [-0.1, -0.05) is 45.6 Å². The first kappa shape index (κ1) is 25.9. The summed E-state index contributed by atoms with van der Waals surface area (Å²) in [5.74, 6) is 0.556. The van der Waals surface area contributed by atoms with Gasteiger partial charge in [0, 0.05) is 5.75 Å². The van der Waals surface area contributed by atoms with Gasteiger partial charge in [0.05, 0.1) is 16.7 Å². The second-order valence-corrected chi connectivity index (χ2v) is 8.24. The van der Waals surface area contributed by atoms with E-state index in [1.54, 1.807) is 0 Å². The molecular formula is C20H33NaO4S. The SMILES string of the molecule is CCCCCc1cc(CCCCC)cc(OCCCCS(=O)(=O)[O-])c1.[Na+]. The van der Waals surface area contributed by atoms with Gasteiger partial charge in [-0.2, -0.15) is 0 Å². The fourth-order valence-electron chi connectivity index (χ4n) is 2.83. The van der Waals surface area contributed by atoms with E-state index in [0.29, 0.717) is 19.4 Å². The Kier molecular flexibility index (Phi) is 14.9. The van der Waals surface area contributed by atoms with Gasteiger partial charge in [0.2, 0.25) is 0 Å². The molecule has 1 rings (SSSR count). The summed E-state index contributed by atoms with van der Waals surface area (Å²) in [7, 11) is -4.11. The molecule has 4 nitrogen and oxygen atoms in total. The van der Waals surface area contributed by atoms with Crippen molar-refractivity contribution >= 4 is 10.1 Å². The maximum Gasteiger partial charge on any atom is 1.00 e. The molecule has 0 radical (unpaired) electrons. The van der Waals surface area contributed by atoms with E-state index in [4.69, 9.17) is 4.74 Å². The molecule has 0 fully saturated rings. The minimum Gasteiger partial charge on any atom is -0.748 e. The number of unbranched alkanes of at least 4 members (excludes halogenated alkanes) is 5. The molecule has 26 heavy (non-hydrogen) atoms. The Hall–Kier alpha value is -0.0700. The summed E-state index contributed by atoms with van der Waals surface area (Å²) in [6, 6.07) is 6.49. The van der Waals surface area contributed by atoms with Crippen molar-refractivity contribution in [3.8, 4) is 5.75 Å². The molecule has 0 unspecified atom stereocenters. The van der Waals surface area contributed by atoms with Crippen LogP contribution in [0.15, 0.2) is 18.2 Å². The third kappa shape index (κ3) is 13.2. The van der Waals surface area contributed by atoms with Gasteiger partial charge in [-0.3, -0.25) is 0 Å². The summed E-state index contributed by atoms with van der Waals surface area (Å²) in [5, 5.41) is 0. The van der Waals surface area contributed by atoms with Crippen LogP contribution in [0, 0.1) is 0 Å². The molecule has 0 saturated carbocycles. The van der Waals surface area contributed by atoms with Crippen LogP contribution in [0.1, 0.15) is 76.3 Å². The number of rotatable bonds is 14. The maximum absolute atomic E-state index is 10.6. The second kappa shape index (κ2) is 14.9. The molecule has 0 aliphatic carbocycles. The molecule has 0 bridgehead atoms. The van der Waals surface area contributed by atoms with E-state index in [9.17, 15) is 13.0 Å². The molecule has 0 aromatic heterocycles. The van der Waals surface area contributed by atoms with Crippen molar-refractivity contribution < 1.29 is 47.3 Å².